The van der Waals surface area contributed by atoms with Crippen molar-refractivity contribution in [2.24, 2.45) is 0 Å². The lowest BCUT2D eigenvalue weighted by Crippen LogP contribution is -2.48. The van der Waals surface area contributed by atoms with Gasteiger partial charge < -0.3 is 9.80 Å². The van der Waals surface area contributed by atoms with E-state index in [9.17, 15) is 16.8 Å². The quantitative estimate of drug-likeness (QED) is 0.148. The molecule has 10 nitrogen and oxygen atoms in total. The molecule has 2 fully saturated rings. The van der Waals surface area contributed by atoms with Crippen LogP contribution in [0.15, 0.2) is 93.3 Å². The van der Waals surface area contributed by atoms with Crippen molar-refractivity contribution < 1.29 is 16.8 Å². The first-order chi connectivity index (χ1) is 28.5. The monoisotopic (exact) mass is 962 g/mol. The van der Waals surface area contributed by atoms with Crippen LogP contribution in [0.5, 0.6) is 0 Å². The summed E-state index contributed by atoms with van der Waals surface area (Å²) < 4.78 is 54.9. The van der Waals surface area contributed by atoms with Crippen LogP contribution in [-0.4, -0.2) is 87.8 Å². The molecule has 60 heavy (non-hydrogen) atoms. The van der Waals surface area contributed by atoms with E-state index in [1.54, 1.807) is 34.8 Å². The number of benzene rings is 4. The Kier molecular flexibility index (Phi) is 13.9. The molecule has 2 aliphatic heterocycles. The van der Waals surface area contributed by atoms with Gasteiger partial charge in [0.25, 0.3) is 0 Å². The maximum Gasteiger partial charge on any atom is 0.244 e. The zero-order valence-corrected chi connectivity index (χ0v) is 39.5. The second-order valence-corrected chi connectivity index (χ2v) is 21.6. The summed E-state index contributed by atoms with van der Waals surface area (Å²) in [6.45, 7) is 12.2. The molecule has 2 aromatic heterocycles. The van der Waals surface area contributed by atoms with Crippen LogP contribution in [0, 0.1) is 27.7 Å². The molecule has 0 atom stereocenters. The fourth-order valence-corrected chi connectivity index (χ4v) is 13.3. The third kappa shape index (κ3) is 9.53. The number of sulfonamides is 2. The Balaban J connectivity index is 0.000000181. The van der Waals surface area contributed by atoms with E-state index in [0.717, 1.165) is 27.2 Å². The highest BCUT2D eigenvalue weighted by Gasteiger charge is 2.32. The molecule has 4 heterocycles. The lowest BCUT2D eigenvalue weighted by molar-refractivity contribution is 0.384. The van der Waals surface area contributed by atoms with Crippen molar-refractivity contribution in [3.63, 3.8) is 0 Å². The van der Waals surface area contributed by atoms with Gasteiger partial charge >= 0.3 is 0 Å². The van der Waals surface area contributed by atoms with E-state index >= 15 is 0 Å². The van der Waals surface area contributed by atoms with E-state index in [-0.39, 0.29) is 19.8 Å². The Labute approximate surface area is 380 Å². The van der Waals surface area contributed by atoms with Crippen LogP contribution in [0.4, 0.5) is 10.3 Å². The van der Waals surface area contributed by atoms with Gasteiger partial charge in [-0.05, 0) is 86.3 Å². The van der Waals surface area contributed by atoms with Crippen molar-refractivity contribution >= 4 is 99.4 Å². The largest absolute Gasteiger partial charge is 0.345 e. The Bertz CT molecular complexity index is 2730. The molecule has 0 radical (unpaired) electrons. The molecular weight excluding hydrogens is 923 g/mol. The van der Waals surface area contributed by atoms with E-state index < -0.39 is 20.0 Å². The molecule has 0 unspecified atom stereocenters. The normalized spacial score (nSPS) is 15.5. The van der Waals surface area contributed by atoms with Crippen molar-refractivity contribution in [2.45, 2.75) is 37.5 Å². The second kappa shape index (κ2) is 18.6. The number of aromatic nitrogens is 2. The second-order valence-electron chi connectivity index (χ2n) is 14.5. The first-order valence-electron chi connectivity index (χ1n) is 19.0. The minimum atomic E-state index is -3.67. The fraction of sp³-hybridized carbons (Fsp3) is 0.286. The zero-order valence-electron chi connectivity index (χ0n) is 33.2. The average molecular weight is 965 g/mol. The Hall–Kier alpha value is -3.28. The number of hydrogen-bond donors (Lipinski definition) is 0. The number of hydrogen-bond acceptors (Lipinski definition) is 10. The van der Waals surface area contributed by atoms with Gasteiger partial charge in [0.15, 0.2) is 10.3 Å². The number of rotatable bonds is 8. The minimum absolute atomic E-state index is 0.0912. The van der Waals surface area contributed by atoms with E-state index in [1.165, 1.54) is 60.7 Å². The van der Waals surface area contributed by atoms with Gasteiger partial charge in [0.1, 0.15) is 9.79 Å². The topological polar surface area (TPSA) is 107 Å². The van der Waals surface area contributed by atoms with Gasteiger partial charge in [-0.1, -0.05) is 82.8 Å². The summed E-state index contributed by atoms with van der Waals surface area (Å²) in [7, 11) is -7.33. The van der Waals surface area contributed by atoms with Gasteiger partial charge in [0, 0.05) is 84.3 Å². The van der Waals surface area contributed by atoms with Gasteiger partial charge in [-0.3, -0.25) is 0 Å². The van der Waals surface area contributed by atoms with Gasteiger partial charge in [0.2, 0.25) is 20.0 Å². The summed E-state index contributed by atoms with van der Waals surface area (Å²) in [4.78, 5) is 14.1. The van der Waals surface area contributed by atoms with Crippen molar-refractivity contribution in [3.8, 4) is 22.5 Å². The van der Waals surface area contributed by atoms with E-state index in [2.05, 4.69) is 72.5 Å². The zero-order chi connectivity index (χ0) is 42.9. The molecule has 18 heteroatoms. The summed E-state index contributed by atoms with van der Waals surface area (Å²) in [6, 6.07) is 21.4. The van der Waals surface area contributed by atoms with E-state index in [0.29, 0.717) is 62.4 Å². The fourth-order valence-electron chi connectivity index (χ4n) is 7.19. The van der Waals surface area contributed by atoms with Crippen LogP contribution in [0.1, 0.15) is 22.3 Å². The molecule has 0 amide bonds. The highest BCUT2D eigenvalue weighted by molar-refractivity contribution is 7.89. The van der Waals surface area contributed by atoms with Crippen LogP contribution < -0.4 is 9.80 Å². The Morgan fingerprint density at radius 1 is 0.533 bits per heavy atom. The maximum atomic E-state index is 13.0. The molecule has 2 saturated heterocycles. The molecule has 0 aliphatic carbocycles. The van der Waals surface area contributed by atoms with Crippen LogP contribution in [0.3, 0.4) is 0 Å². The molecule has 2 aliphatic rings. The number of aryl methyl sites for hydroxylation is 3. The van der Waals surface area contributed by atoms with Gasteiger partial charge in [-0.2, -0.15) is 8.61 Å². The van der Waals surface area contributed by atoms with Crippen LogP contribution >= 0.6 is 69.1 Å². The summed E-state index contributed by atoms with van der Waals surface area (Å²) in [5.74, 6) is 0. The van der Waals surface area contributed by atoms with Crippen LogP contribution in [0.25, 0.3) is 22.5 Å². The third-order valence-corrected chi connectivity index (χ3v) is 17.7. The third-order valence-electron chi connectivity index (χ3n) is 10.6. The lowest BCUT2D eigenvalue weighted by Gasteiger charge is -2.34. The molecule has 0 saturated carbocycles. The molecule has 6 aromatic rings. The number of nitrogens with zero attached hydrogens (tertiary/aromatic N) is 6. The molecule has 8 rings (SSSR count). The van der Waals surface area contributed by atoms with Crippen molar-refractivity contribution in [3.05, 3.63) is 126 Å². The number of anilines is 2. The number of thiazole rings is 2. The average Bonchev–Trinajstić information content (AvgIpc) is 3.90. The molecule has 316 valence electrons. The van der Waals surface area contributed by atoms with Crippen LogP contribution in [0.2, 0.25) is 20.1 Å². The van der Waals surface area contributed by atoms with Gasteiger partial charge in [-0.15, -0.1) is 22.7 Å². The lowest BCUT2D eigenvalue weighted by atomic mass is 10.0. The van der Waals surface area contributed by atoms with E-state index in [1.807, 2.05) is 12.1 Å². The molecule has 4 aromatic carbocycles. The molecule has 0 bridgehead atoms. The highest BCUT2D eigenvalue weighted by atomic mass is 35.5. The molecule has 0 N–H and O–H groups in total. The summed E-state index contributed by atoms with van der Waals surface area (Å²) in [5.41, 5.74) is 9.08. The molecular formula is C42H42Cl4N6O4S4. The smallest absolute Gasteiger partial charge is 0.244 e. The summed E-state index contributed by atoms with van der Waals surface area (Å²) in [5, 5.41) is 7.06. The van der Waals surface area contributed by atoms with Crippen LogP contribution in [-0.2, 0) is 20.0 Å². The van der Waals surface area contributed by atoms with Crippen molar-refractivity contribution in [1.82, 2.24) is 18.6 Å². The predicted octanol–water partition coefficient (Wildman–Crippen LogP) is 10.5. The predicted molar refractivity (Wildman–Crippen MR) is 249 cm³/mol. The Morgan fingerprint density at radius 3 is 1.42 bits per heavy atom. The summed E-state index contributed by atoms with van der Waals surface area (Å²) >= 11 is 27.2. The first kappa shape index (κ1) is 44.8. The van der Waals surface area contributed by atoms with Gasteiger partial charge in [-0.25, -0.2) is 26.8 Å². The molecule has 0 spiro atoms. The van der Waals surface area contributed by atoms with Crippen molar-refractivity contribution in [2.75, 3.05) is 62.2 Å². The number of halogens is 4. The SMILES string of the molecule is Cc1cccc(-c2csc(N3CCN(S(=O)(=O)c4ccc(Cl)cc4Cl)CC3)n2)c1C.Cc1cccc(C)c1-c1csc(N2CCN(S(=O)(=O)c3ccc(Cl)cc3Cl)CC2)n1. The maximum absolute atomic E-state index is 13.0. The first-order valence-corrected chi connectivity index (χ1v) is 25.1. The highest BCUT2D eigenvalue weighted by Crippen LogP contribution is 2.35. The minimum Gasteiger partial charge on any atom is -0.345 e. The Morgan fingerprint density at radius 2 is 0.950 bits per heavy atom. The van der Waals surface area contributed by atoms with Gasteiger partial charge in [0.05, 0.1) is 21.4 Å². The summed E-state index contributed by atoms with van der Waals surface area (Å²) in [6.07, 6.45) is 0. The van der Waals surface area contributed by atoms with E-state index in [4.69, 9.17) is 56.4 Å². The number of piperazine rings is 2. The standard InChI is InChI=1S/2C21H21Cl2N3O2S2/c1-14-4-3-5-17(15(14)2)19-13-29-21(24-19)25-8-10-26(11-9-25)30(27,28)20-7-6-16(22)12-18(20)23;1-14-4-3-5-15(2)20(14)18-13-29-21(24-18)25-8-10-26(11-9-25)30(27,28)19-7-6-16(22)12-17(19)23/h2*3-7,12-13H,8-11H2,1-2H3. The van der Waals surface area contributed by atoms with Crippen molar-refractivity contribution in [1.29, 1.82) is 0 Å².